The van der Waals surface area contributed by atoms with Gasteiger partial charge in [-0.15, -0.1) is 0 Å². The van der Waals surface area contributed by atoms with E-state index in [1.54, 1.807) is 13.3 Å². The van der Waals surface area contributed by atoms with E-state index in [9.17, 15) is 5.11 Å². The Morgan fingerprint density at radius 2 is 2.12 bits per heavy atom. The minimum Gasteiger partial charge on any atom is -0.391 e. The molecule has 1 atom stereocenters. The standard InChI is InChI=1S/C12H19N3O/c1-8(16)12(2,3)15-11-9-5-4-6-10(9)13-7-14-11/h7-8,16H,4-6H2,1-3H3,(H,13,14,15). The monoisotopic (exact) mass is 221 g/mol. The van der Waals surface area contributed by atoms with Gasteiger partial charge in [0.2, 0.25) is 0 Å². The van der Waals surface area contributed by atoms with Crippen LogP contribution in [0, 0.1) is 0 Å². The quantitative estimate of drug-likeness (QED) is 0.812. The lowest BCUT2D eigenvalue weighted by Crippen LogP contribution is -2.42. The van der Waals surface area contributed by atoms with E-state index in [0.717, 1.165) is 30.8 Å². The Labute approximate surface area is 96.1 Å². The lowest BCUT2D eigenvalue weighted by Gasteiger charge is -2.30. The molecule has 0 saturated carbocycles. The molecule has 0 fully saturated rings. The number of fused-ring (bicyclic) bond motifs is 1. The van der Waals surface area contributed by atoms with E-state index in [4.69, 9.17) is 0 Å². The number of rotatable bonds is 3. The first kappa shape index (κ1) is 11.3. The normalized spacial score (nSPS) is 17.0. The molecule has 2 rings (SSSR count). The van der Waals surface area contributed by atoms with Crippen LogP contribution in [0.15, 0.2) is 6.33 Å². The molecule has 2 N–H and O–H groups in total. The summed E-state index contributed by atoms with van der Waals surface area (Å²) in [6.07, 6.45) is 4.40. The summed E-state index contributed by atoms with van der Waals surface area (Å²) in [5, 5.41) is 13.0. The molecule has 0 saturated heterocycles. The van der Waals surface area contributed by atoms with E-state index in [1.165, 1.54) is 5.56 Å². The van der Waals surface area contributed by atoms with E-state index < -0.39 is 6.10 Å². The van der Waals surface area contributed by atoms with Crippen molar-refractivity contribution >= 4 is 5.82 Å². The zero-order chi connectivity index (χ0) is 11.8. The van der Waals surface area contributed by atoms with Crippen LogP contribution in [0.4, 0.5) is 5.82 Å². The van der Waals surface area contributed by atoms with Crippen LogP contribution in [-0.4, -0.2) is 26.7 Å². The van der Waals surface area contributed by atoms with Crippen LogP contribution >= 0.6 is 0 Å². The second-order valence-electron chi connectivity index (χ2n) is 5.02. The van der Waals surface area contributed by atoms with E-state index in [2.05, 4.69) is 15.3 Å². The summed E-state index contributed by atoms with van der Waals surface area (Å²) in [7, 11) is 0. The van der Waals surface area contributed by atoms with Crippen molar-refractivity contribution in [2.75, 3.05) is 5.32 Å². The fraction of sp³-hybridized carbons (Fsp3) is 0.667. The third-order valence-corrected chi connectivity index (χ3v) is 3.36. The highest BCUT2D eigenvalue weighted by Gasteiger charge is 2.27. The first-order valence-corrected chi connectivity index (χ1v) is 5.79. The van der Waals surface area contributed by atoms with Crippen LogP contribution in [0.25, 0.3) is 0 Å². The number of aliphatic hydroxyl groups is 1. The van der Waals surface area contributed by atoms with Gasteiger partial charge in [0, 0.05) is 11.3 Å². The lowest BCUT2D eigenvalue weighted by molar-refractivity contribution is 0.133. The number of nitrogens with zero attached hydrogens (tertiary/aromatic N) is 2. The number of aliphatic hydroxyl groups excluding tert-OH is 1. The molecule has 0 radical (unpaired) electrons. The number of hydrogen-bond acceptors (Lipinski definition) is 4. The fourth-order valence-corrected chi connectivity index (χ4v) is 1.88. The molecule has 16 heavy (non-hydrogen) atoms. The number of aryl methyl sites for hydroxylation is 1. The van der Waals surface area contributed by atoms with Gasteiger partial charge in [0.1, 0.15) is 12.1 Å². The molecule has 1 aromatic heterocycles. The molecule has 0 aromatic carbocycles. The Bertz CT molecular complexity index is 388. The number of nitrogens with one attached hydrogen (secondary N) is 1. The Morgan fingerprint density at radius 1 is 1.38 bits per heavy atom. The van der Waals surface area contributed by atoms with Crippen LogP contribution in [0.1, 0.15) is 38.4 Å². The predicted molar refractivity (Wildman–Crippen MR) is 63.4 cm³/mol. The largest absolute Gasteiger partial charge is 0.391 e. The van der Waals surface area contributed by atoms with E-state index >= 15 is 0 Å². The summed E-state index contributed by atoms with van der Waals surface area (Å²) in [6.45, 7) is 5.73. The van der Waals surface area contributed by atoms with Gasteiger partial charge in [-0.05, 0) is 40.0 Å². The van der Waals surface area contributed by atoms with Crippen LogP contribution < -0.4 is 5.32 Å². The zero-order valence-electron chi connectivity index (χ0n) is 10.1. The van der Waals surface area contributed by atoms with Crippen molar-refractivity contribution in [1.82, 2.24) is 9.97 Å². The van der Waals surface area contributed by atoms with Crippen LogP contribution in [0.3, 0.4) is 0 Å². The molecule has 1 aliphatic rings. The Balaban J connectivity index is 2.26. The summed E-state index contributed by atoms with van der Waals surface area (Å²) in [5.74, 6) is 0.883. The second-order valence-corrected chi connectivity index (χ2v) is 5.02. The Kier molecular flexibility index (Phi) is 2.84. The molecule has 0 amide bonds. The molecule has 0 bridgehead atoms. The summed E-state index contributed by atoms with van der Waals surface area (Å²) < 4.78 is 0. The molecule has 0 spiro atoms. The van der Waals surface area contributed by atoms with Crippen molar-refractivity contribution in [3.63, 3.8) is 0 Å². The van der Waals surface area contributed by atoms with Crippen molar-refractivity contribution in [3.8, 4) is 0 Å². The van der Waals surface area contributed by atoms with Gasteiger partial charge >= 0.3 is 0 Å². The molecule has 1 aromatic rings. The first-order valence-electron chi connectivity index (χ1n) is 5.79. The summed E-state index contributed by atoms with van der Waals surface area (Å²) in [5.41, 5.74) is 2.00. The molecule has 0 aliphatic heterocycles. The molecule has 4 nitrogen and oxygen atoms in total. The maximum absolute atomic E-state index is 9.68. The maximum Gasteiger partial charge on any atom is 0.133 e. The van der Waals surface area contributed by atoms with E-state index in [0.29, 0.717) is 0 Å². The van der Waals surface area contributed by atoms with Gasteiger partial charge in [-0.25, -0.2) is 9.97 Å². The van der Waals surface area contributed by atoms with Gasteiger partial charge < -0.3 is 10.4 Å². The highest BCUT2D eigenvalue weighted by atomic mass is 16.3. The number of anilines is 1. The van der Waals surface area contributed by atoms with Crippen LogP contribution in [-0.2, 0) is 12.8 Å². The molecule has 1 heterocycles. The molecule has 1 unspecified atom stereocenters. The third-order valence-electron chi connectivity index (χ3n) is 3.36. The van der Waals surface area contributed by atoms with Crippen LogP contribution in [0.5, 0.6) is 0 Å². The minimum atomic E-state index is -0.431. The van der Waals surface area contributed by atoms with Crippen molar-refractivity contribution in [1.29, 1.82) is 0 Å². The molecular formula is C12H19N3O. The molecular weight excluding hydrogens is 202 g/mol. The predicted octanol–water partition coefficient (Wildman–Crippen LogP) is 1.54. The van der Waals surface area contributed by atoms with E-state index in [1.807, 2.05) is 13.8 Å². The zero-order valence-corrected chi connectivity index (χ0v) is 10.1. The van der Waals surface area contributed by atoms with Gasteiger partial charge in [-0.2, -0.15) is 0 Å². The summed E-state index contributed by atoms with van der Waals surface area (Å²) in [4.78, 5) is 8.57. The number of hydrogen-bond donors (Lipinski definition) is 2. The maximum atomic E-state index is 9.68. The first-order chi connectivity index (χ1) is 7.50. The minimum absolute atomic E-state index is 0.370. The Morgan fingerprint density at radius 3 is 2.81 bits per heavy atom. The third kappa shape index (κ3) is 2.02. The Hall–Kier alpha value is -1.16. The van der Waals surface area contributed by atoms with Gasteiger partial charge in [0.15, 0.2) is 0 Å². The average Bonchev–Trinajstić information content (AvgIpc) is 2.65. The van der Waals surface area contributed by atoms with Crippen molar-refractivity contribution < 1.29 is 5.11 Å². The van der Waals surface area contributed by atoms with E-state index in [-0.39, 0.29) is 5.54 Å². The highest BCUT2D eigenvalue weighted by molar-refractivity contribution is 5.49. The molecule has 88 valence electrons. The fourth-order valence-electron chi connectivity index (χ4n) is 1.88. The molecule has 1 aliphatic carbocycles. The van der Waals surface area contributed by atoms with Gasteiger partial charge in [0.05, 0.1) is 11.6 Å². The lowest BCUT2D eigenvalue weighted by atomic mass is 9.98. The van der Waals surface area contributed by atoms with Crippen molar-refractivity contribution in [3.05, 3.63) is 17.6 Å². The molecule has 4 heteroatoms. The second kappa shape index (κ2) is 4.01. The summed E-state index contributed by atoms with van der Waals surface area (Å²) >= 11 is 0. The van der Waals surface area contributed by atoms with Gasteiger partial charge in [-0.1, -0.05) is 0 Å². The van der Waals surface area contributed by atoms with Gasteiger partial charge in [0.25, 0.3) is 0 Å². The number of aromatic nitrogens is 2. The SMILES string of the molecule is CC(O)C(C)(C)Nc1ncnc2c1CCC2. The average molecular weight is 221 g/mol. The topological polar surface area (TPSA) is 58.0 Å². The highest BCUT2D eigenvalue weighted by Crippen LogP contribution is 2.27. The van der Waals surface area contributed by atoms with Crippen molar-refractivity contribution in [2.45, 2.75) is 51.7 Å². The summed E-state index contributed by atoms with van der Waals surface area (Å²) in [6, 6.07) is 0. The smallest absolute Gasteiger partial charge is 0.133 e. The van der Waals surface area contributed by atoms with Crippen LogP contribution in [0.2, 0.25) is 0 Å². The van der Waals surface area contributed by atoms with Crippen molar-refractivity contribution in [2.24, 2.45) is 0 Å². The van der Waals surface area contributed by atoms with Gasteiger partial charge in [-0.3, -0.25) is 0 Å².